The quantitative estimate of drug-likeness (QED) is 0.717. The number of hydrogen-bond donors (Lipinski definition) is 0. The van der Waals surface area contributed by atoms with E-state index in [9.17, 15) is 19.2 Å². The van der Waals surface area contributed by atoms with Crippen LogP contribution in [0.15, 0.2) is 36.4 Å². The molecular weight excluding hydrogens is 394 g/mol. The highest BCUT2D eigenvalue weighted by atomic mass is 16.2. The summed E-state index contributed by atoms with van der Waals surface area (Å²) >= 11 is 0. The zero-order valence-corrected chi connectivity index (χ0v) is 18.0. The van der Waals surface area contributed by atoms with E-state index in [4.69, 9.17) is 0 Å². The summed E-state index contributed by atoms with van der Waals surface area (Å²) in [6.07, 6.45) is 0.450. The molecule has 2 aromatic rings. The summed E-state index contributed by atoms with van der Waals surface area (Å²) in [5, 5.41) is 0. The molecule has 2 heterocycles. The Morgan fingerprint density at radius 3 is 2.16 bits per heavy atom. The molecule has 160 valence electrons. The van der Waals surface area contributed by atoms with Crippen LogP contribution in [0.2, 0.25) is 0 Å². The van der Waals surface area contributed by atoms with E-state index in [0.717, 1.165) is 11.1 Å². The Kier molecular flexibility index (Phi) is 5.35. The Morgan fingerprint density at radius 2 is 1.48 bits per heavy atom. The van der Waals surface area contributed by atoms with Gasteiger partial charge in [0.25, 0.3) is 17.7 Å². The highest BCUT2D eigenvalue weighted by molar-refractivity contribution is 6.35. The molecule has 0 aromatic heterocycles. The Labute approximate surface area is 181 Å². The van der Waals surface area contributed by atoms with Gasteiger partial charge in [-0.2, -0.15) is 0 Å². The molecule has 0 saturated carbocycles. The van der Waals surface area contributed by atoms with Crippen molar-refractivity contribution in [1.82, 2.24) is 9.80 Å². The van der Waals surface area contributed by atoms with Gasteiger partial charge in [0.15, 0.2) is 0 Å². The molecule has 0 unspecified atom stereocenters. The minimum absolute atomic E-state index is 0.0836. The van der Waals surface area contributed by atoms with Crippen LogP contribution in [-0.2, 0) is 4.79 Å². The van der Waals surface area contributed by atoms with E-state index in [1.165, 1.54) is 11.0 Å². The fourth-order valence-corrected chi connectivity index (χ4v) is 4.12. The van der Waals surface area contributed by atoms with Gasteiger partial charge in [-0.25, -0.2) is 4.90 Å². The lowest BCUT2D eigenvalue weighted by Crippen LogP contribution is -2.50. The van der Waals surface area contributed by atoms with Gasteiger partial charge in [0.1, 0.15) is 0 Å². The number of piperazine rings is 1. The number of carbonyl (C=O) groups excluding carboxylic acids is 4. The number of carbonyl (C=O) groups is 4. The molecule has 2 aliphatic rings. The van der Waals surface area contributed by atoms with E-state index >= 15 is 0 Å². The minimum atomic E-state index is -0.415. The molecule has 4 amide bonds. The van der Waals surface area contributed by atoms with E-state index in [1.807, 2.05) is 39.0 Å². The van der Waals surface area contributed by atoms with Crippen molar-refractivity contribution in [2.24, 2.45) is 0 Å². The molecule has 0 aliphatic carbocycles. The number of hydrogen-bond acceptors (Lipinski definition) is 4. The first-order valence-electron chi connectivity index (χ1n) is 10.5. The summed E-state index contributed by atoms with van der Waals surface area (Å²) in [5.74, 6) is -0.904. The lowest BCUT2D eigenvalue weighted by molar-refractivity contribution is -0.132. The van der Waals surface area contributed by atoms with E-state index in [-0.39, 0.29) is 23.3 Å². The predicted molar refractivity (Wildman–Crippen MR) is 116 cm³/mol. The van der Waals surface area contributed by atoms with Gasteiger partial charge in [-0.3, -0.25) is 19.2 Å². The maximum atomic E-state index is 13.1. The molecule has 1 saturated heterocycles. The average Bonchev–Trinajstić information content (AvgIpc) is 3.04. The van der Waals surface area contributed by atoms with Crippen LogP contribution in [-0.4, -0.2) is 59.6 Å². The number of amides is 4. The number of aryl methyl sites for hydroxylation is 2. The first kappa shape index (κ1) is 20.8. The van der Waals surface area contributed by atoms with Gasteiger partial charge in [-0.15, -0.1) is 0 Å². The van der Waals surface area contributed by atoms with Crippen LogP contribution >= 0.6 is 0 Å². The second-order valence-corrected chi connectivity index (χ2v) is 8.02. The lowest BCUT2D eigenvalue weighted by Gasteiger charge is -2.34. The third kappa shape index (κ3) is 3.60. The molecule has 0 N–H and O–H groups in total. The topological polar surface area (TPSA) is 78.0 Å². The molecule has 1 fully saturated rings. The molecular formula is C24H25N3O4. The van der Waals surface area contributed by atoms with Gasteiger partial charge in [-0.05, 0) is 49.2 Å². The summed E-state index contributed by atoms with van der Waals surface area (Å²) in [6, 6.07) is 10.3. The molecule has 0 atom stereocenters. The molecule has 31 heavy (non-hydrogen) atoms. The molecule has 0 radical (unpaired) electrons. The SMILES string of the molecule is CCC(=O)N1CCN(C(=O)c2ccc3c(c2)C(=O)N(c2cc(C)ccc2C)C3=O)CC1. The van der Waals surface area contributed by atoms with Crippen LogP contribution in [0.1, 0.15) is 55.5 Å². The molecule has 2 aromatic carbocycles. The fourth-order valence-electron chi connectivity index (χ4n) is 4.12. The van der Waals surface area contributed by atoms with Gasteiger partial charge in [0.05, 0.1) is 16.8 Å². The summed E-state index contributed by atoms with van der Waals surface area (Å²) in [5.41, 5.74) is 3.27. The van der Waals surface area contributed by atoms with Crippen molar-refractivity contribution in [2.45, 2.75) is 27.2 Å². The van der Waals surface area contributed by atoms with E-state index < -0.39 is 5.91 Å². The maximum absolute atomic E-state index is 13.1. The van der Waals surface area contributed by atoms with E-state index in [2.05, 4.69) is 0 Å². The Hall–Kier alpha value is -3.48. The van der Waals surface area contributed by atoms with Crippen LogP contribution in [0, 0.1) is 13.8 Å². The number of anilines is 1. The monoisotopic (exact) mass is 419 g/mol. The zero-order valence-electron chi connectivity index (χ0n) is 18.0. The Morgan fingerprint density at radius 1 is 0.839 bits per heavy atom. The number of benzene rings is 2. The van der Waals surface area contributed by atoms with Crippen molar-refractivity contribution in [2.75, 3.05) is 31.1 Å². The number of rotatable bonds is 3. The van der Waals surface area contributed by atoms with Crippen molar-refractivity contribution < 1.29 is 19.2 Å². The number of fused-ring (bicyclic) bond motifs is 1. The fraction of sp³-hybridized carbons (Fsp3) is 0.333. The predicted octanol–water partition coefficient (Wildman–Crippen LogP) is 2.80. The highest BCUT2D eigenvalue weighted by Gasteiger charge is 2.38. The molecule has 7 nitrogen and oxygen atoms in total. The normalized spacial score (nSPS) is 16.0. The largest absolute Gasteiger partial charge is 0.339 e. The van der Waals surface area contributed by atoms with Gasteiger partial charge >= 0.3 is 0 Å². The smallest absolute Gasteiger partial charge is 0.266 e. The van der Waals surface area contributed by atoms with Crippen LogP contribution in [0.5, 0.6) is 0 Å². The Balaban J connectivity index is 1.57. The van der Waals surface area contributed by atoms with Crippen LogP contribution < -0.4 is 4.90 Å². The molecule has 0 spiro atoms. The van der Waals surface area contributed by atoms with Crippen molar-refractivity contribution in [3.8, 4) is 0 Å². The van der Waals surface area contributed by atoms with Crippen molar-refractivity contribution in [3.63, 3.8) is 0 Å². The Bertz CT molecular complexity index is 1100. The molecule has 0 bridgehead atoms. The summed E-state index contributed by atoms with van der Waals surface area (Å²) in [4.78, 5) is 55.5. The number of imide groups is 1. The second-order valence-electron chi connectivity index (χ2n) is 8.02. The second kappa shape index (κ2) is 7.98. The summed E-state index contributed by atoms with van der Waals surface area (Å²) in [7, 11) is 0. The molecule has 2 aliphatic heterocycles. The molecule has 7 heteroatoms. The highest BCUT2D eigenvalue weighted by Crippen LogP contribution is 2.32. The third-order valence-electron chi connectivity index (χ3n) is 5.96. The van der Waals surface area contributed by atoms with Crippen LogP contribution in [0.3, 0.4) is 0 Å². The van der Waals surface area contributed by atoms with Crippen LogP contribution in [0.25, 0.3) is 0 Å². The van der Waals surface area contributed by atoms with E-state index in [1.54, 1.807) is 21.9 Å². The van der Waals surface area contributed by atoms with Crippen LogP contribution in [0.4, 0.5) is 5.69 Å². The first-order chi connectivity index (χ1) is 14.8. The lowest BCUT2D eigenvalue weighted by atomic mass is 10.0. The molecule has 4 rings (SSSR count). The standard InChI is InChI=1S/C24H25N3O4/c1-4-21(28)25-9-11-26(12-10-25)22(29)17-7-8-18-19(14-17)24(31)27(23(18)30)20-13-15(2)5-6-16(20)3/h5-8,13-14H,4,9-12H2,1-3H3. The van der Waals surface area contributed by atoms with Gasteiger partial charge < -0.3 is 9.80 Å². The van der Waals surface area contributed by atoms with Crippen molar-refractivity contribution in [3.05, 3.63) is 64.2 Å². The van der Waals surface area contributed by atoms with Gasteiger partial charge in [-0.1, -0.05) is 19.1 Å². The van der Waals surface area contributed by atoms with Crippen molar-refractivity contribution in [1.29, 1.82) is 0 Å². The number of nitrogens with zero attached hydrogens (tertiary/aromatic N) is 3. The maximum Gasteiger partial charge on any atom is 0.266 e. The van der Waals surface area contributed by atoms with E-state index in [0.29, 0.717) is 49.4 Å². The zero-order chi connectivity index (χ0) is 22.3. The van der Waals surface area contributed by atoms with Gasteiger partial charge in [0.2, 0.25) is 5.91 Å². The first-order valence-corrected chi connectivity index (χ1v) is 10.5. The summed E-state index contributed by atoms with van der Waals surface area (Å²) in [6.45, 7) is 7.49. The summed E-state index contributed by atoms with van der Waals surface area (Å²) < 4.78 is 0. The minimum Gasteiger partial charge on any atom is -0.339 e. The van der Waals surface area contributed by atoms with Gasteiger partial charge in [0, 0.05) is 38.2 Å². The third-order valence-corrected chi connectivity index (χ3v) is 5.96. The average molecular weight is 419 g/mol. The van der Waals surface area contributed by atoms with Crippen molar-refractivity contribution >= 4 is 29.3 Å².